The highest BCUT2D eigenvalue weighted by molar-refractivity contribution is 6.03. The van der Waals surface area contributed by atoms with Crippen molar-refractivity contribution in [3.8, 4) is 0 Å². The molecule has 0 saturated heterocycles. The van der Waals surface area contributed by atoms with Crippen LogP contribution in [0, 0.1) is 0 Å². The van der Waals surface area contributed by atoms with Gasteiger partial charge in [-0.1, -0.05) is 37.3 Å². The second-order valence-electron chi connectivity index (χ2n) is 3.00. The lowest BCUT2D eigenvalue weighted by atomic mass is 9.94. The van der Waals surface area contributed by atoms with Gasteiger partial charge in [-0.15, -0.1) is 0 Å². The summed E-state index contributed by atoms with van der Waals surface area (Å²) in [6.07, 6.45) is 0.242. The monoisotopic (exact) mass is 192 g/mol. The van der Waals surface area contributed by atoms with E-state index >= 15 is 0 Å². The molecule has 1 rings (SSSR count). The third kappa shape index (κ3) is 2.19. The summed E-state index contributed by atoms with van der Waals surface area (Å²) in [5.74, 6) is -2.35. The quantitative estimate of drug-likeness (QED) is 0.740. The molecule has 1 N–H and O–H groups in total. The fraction of sp³-hybridized carbons (Fsp3) is 0.273. The predicted molar refractivity (Wildman–Crippen MR) is 52.1 cm³/mol. The van der Waals surface area contributed by atoms with E-state index < -0.39 is 11.9 Å². The van der Waals surface area contributed by atoms with Crippen molar-refractivity contribution in [2.45, 2.75) is 19.3 Å². The first-order valence-corrected chi connectivity index (χ1v) is 4.47. The van der Waals surface area contributed by atoms with E-state index in [0.717, 1.165) is 0 Å². The summed E-state index contributed by atoms with van der Waals surface area (Å²) in [6.45, 7) is 1.67. The van der Waals surface area contributed by atoms with Crippen molar-refractivity contribution >= 4 is 11.8 Å². The van der Waals surface area contributed by atoms with E-state index in [1.165, 1.54) is 0 Å². The first-order valence-electron chi connectivity index (χ1n) is 4.47. The van der Waals surface area contributed by atoms with Crippen molar-refractivity contribution in [3.63, 3.8) is 0 Å². The lowest BCUT2D eigenvalue weighted by Crippen LogP contribution is -2.20. The molecule has 0 aliphatic carbocycles. The Morgan fingerprint density at radius 1 is 1.29 bits per heavy atom. The van der Waals surface area contributed by atoms with Gasteiger partial charge < -0.3 is 5.11 Å². The van der Waals surface area contributed by atoms with Gasteiger partial charge in [0, 0.05) is 6.42 Å². The number of aliphatic carboxylic acids is 1. The van der Waals surface area contributed by atoms with Gasteiger partial charge in [-0.3, -0.25) is 9.59 Å². The summed E-state index contributed by atoms with van der Waals surface area (Å²) >= 11 is 0. The molecule has 1 aromatic carbocycles. The Hall–Kier alpha value is -1.64. The molecule has 0 radical (unpaired) electrons. The molecule has 0 aliphatic rings. The van der Waals surface area contributed by atoms with Crippen molar-refractivity contribution in [1.29, 1.82) is 0 Å². The van der Waals surface area contributed by atoms with Gasteiger partial charge in [0.15, 0.2) is 5.78 Å². The van der Waals surface area contributed by atoms with Gasteiger partial charge in [0.1, 0.15) is 5.92 Å². The minimum atomic E-state index is -1.08. The highest BCUT2D eigenvalue weighted by Gasteiger charge is 2.25. The SMILES string of the molecule is CCC(=O)C(C(=O)O)c1ccccc1. The summed E-state index contributed by atoms with van der Waals surface area (Å²) in [4.78, 5) is 22.3. The largest absolute Gasteiger partial charge is 0.480 e. The molecule has 0 aromatic heterocycles. The molecule has 0 saturated carbocycles. The number of benzene rings is 1. The van der Waals surface area contributed by atoms with Crippen molar-refractivity contribution in [2.24, 2.45) is 0 Å². The lowest BCUT2D eigenvalue weighted by Gasteiger charge is -2.09. The van der Waals surface area contributed by atoms with E-state index in [0.29, 0.717) is 5.56 Å². The molecule has 0 bridgehead atoms. The average Bonchev–Trinajstić information content (AvgIpc) is 2.19. The Balaban J connectivity index is 3.01. The van der Waals surface area contributed by atoms with Crippen LogP contribution in [0.1, 0.15) is 24.8 Å². The van der Waals surface area contributed by atoms with E-state index in [1.807, 2.05) is 0 Å². The lowest BCUT2D eigenvalue weighted by molar-refractivity contribution is -0.142. The van der Waals surface area contributed by atoms with Gasteiger partial charge in [0.05, 0.1) is 0 Å². The van der Waals surface area contributed by atoms with Crippen LogP contribution in [0.3, 0.4) is 0 Å². The summed E-state index contributed by atoms with van der Waals surface area (Å²) in [5.41, 5.74) is 0.548. The molecule has 3 nitrogen and oxygen atoms in total. The number of carboxylic acid groups (broad SMARTS) is 1. The summed E-state index contributed by atoms with van der Waals surface area (Å²) in [6, 6.07) is 8.57. The van der Waals surface area contributed by atoms with E-state index in [4.69, 9.17) is 5.11 Å². The highest BCUT2D eigenvalue weighted by Crippen LogP contribution is 2.18. The molecule has 74 valence electrons. The maximum absolute atomic E-state index is 11.4. The summed E-state index contributed by atoms with van der Waals surface area (Å²) < 4.78 is 0. The topological polar surface area (TPSA) is 54.4 Å². The van der Waals surface area contributed by atoms with Gasteiger partial charge in [-0.2, -0.15) is 0 Å². The highest BCUT2D eigenvalue weighted by atomic mass is 16.4. The van der Waals surface area contributed by atoms with Gasteiger partial charge in [0.25, 0.3) is 0 Å². The van der Waals surface area contributed by atoms with E-state index in [9.17, 15) is 9.59 Å². The van der Waals surface area contributed by atoms with E-state index in [1.54, 1.807) is 37.3 Å². The molecule has 0 aliphatic heterocycles. The van der Waals surface area contributed by atoms with Crippen LogP contribution in [-0.4, -0.2) is 16.9 Å². The van der Waals surface area contributed by atoms with Crippen LogP contribution in [0.25, 0.3) is 0 Å². The second kappa shape index (κ2) is 4.56. The van der Waals surface area contributed by atoms with Crippen molar-refractivity contribution in [1.82, 2.24) is 0 Å². The van der Waals surface area contributed by atoms with Crippen molar-refractivity contribution in [3.05, 3.63) is 35.9 Å². The zero-order valence-electron chi connectivity index (χ0n) is 7.93. The molecule has 0 amide bonds. The zero-order chi connectivity index (χ0) is 10.6. The number of rotatable bonds is 4. The summed E-state index contributed by atoms with van der Waals surface area (Å²) in [7, 11) is 0. The molecule has 0 spiro atoms. The van der Waals surface area contributed by atoms with Gasteiger partial charge in [-0.25, -0.2) is 0 Å². The van der Waals surface area contributed by atoms with Crippen molar-refractivity contribution in [2.75, 3.05) is 0 Å². The molecule has 3 heteroatoms. The number of carbonyl (C=O) groups is 2. The van der Waals surface area contributed by atoms with Crippen molar-refractivity contribution < 1.29 is 14.7 Å². The van der Waals surface area contributed by atoms with Crippen LogP contribution in [0.5, 0.6) is 0 Å². The average molecular weight is 192 g/mol. The number of ketones is 1. The fourth-order valence-electron chi connectivity index (χ4n) is 1.32. The molecule has 0 heterocycles. The van der Waals surface area contributed by atoms with Gasteiger partial charge in [0.2, 0.25) is 0 Å². The van der Waals surface area contributed by atoms with E-state index in [-0.39, 0.29) is 12.2 Å². The molecular formula is C11H12O3. The third-order valence-corrected chi connectivity index (χ3v) is 2.05. The zero-order valence-corrected chi connectivity index (χ0v) is 7.93. The van der Waals surface area contributed by atoms with Crippen LogP contribution in [-0.2, 0) is 9.59 Å². The Morgan fingerprint density at radius 2 is 1.86 bits per heavy atom. The van der Waals surface area contributed by atoms with Crippen LogP contribution < -0.4 is 0 Å². The minimum Gasteiger partial charge on any atom is -0.480 e. The Labute approximate surface area is 82.4 Å². The van der Waals surface area contributed by atoms with Gasteiger partial charge in [-0.05, 0) is 5.56 Å². The maximum Gasteiger partial charge on any atom is 0.318 e. The van der Waals surface area contributed by atoms with Crippen LogP contribution in [0.2, 0.25) is 0 Å². The minimum absolute atomic E-state index is 0.242. The second-order valence-corrected chi connectivity index (χ2v) is 3.00. The van der Waals surface area contributed by atoms with Crippen LogP contribution in [0.4, 0.5) is 0 Å². The number of hydrogen-bond donors (Lipinski definition) is 1. The standard InChI is InChI=1S/C11H12O3/c1-2-9(12)10(11(13)14)8-6-4-3-5-7-8/h3-7,10H,2H2,1H3,(H,13,14). The number of carboxylic acids is 1. The first-order chi connectivity index (χ1) is 6.66. The first kappa shape index (κ1) is 10.4. The molecule has 1 atom stereocenters. The number of carbonyl (C=O) groups excluding carboxylic acids is 1. The van der Waals surface area contributed by atoms with E-state index in [2.05, 4.69) is 0 Å². The maximum atomic E-state index is 11.4. The fourth-order valence-corrected chi connectivity index (χ4v) is 1.32. The Kier molecular flexibility index (Phi) is 3.40. The molecular weight excluding hydrogens is 180 g/mol. The molecule has 0 fully saturated rings. The summed E-state index contributed by atoms with van der Waals surface area (Å²) in [5, 5.41) is 8.91. The number of hydrogen-bond acceptors (Lipinski definition) is 2. The smallest absolute Gasteiger partial charge is 0.318 e. The molecule has 1 aromatic rings. The molecule has 1 unspecified atom stereocenters. The number of Topliss-reactive ketones (excluding diaryl/α,β-unsaturated/α-hetero) is 1. The Morgan fingerprint density at radius 3 is 2.29 bits per heavy atom. The van der Waals surface area contributed by atoms with Gasteiger partial charge >= 0.3 is 5.97 Å². The van der Waals surface area contributed by atoms with Crippen LogP contribution >= 0.6 is 0 Å². The normalized spacial score (nSPS) is 12.1. The van der Waals surface area contributed by atoms with Crippen LogP contribution in [0.15, 0.2) is 30.3 Å². The molecule has 14 heavy (non-hydrogen) atoms. The predicted octanol–water partition coefficient (Wildman–Crippen LogP) is 1.83. The Bertz CT molecular complexity index is 330. The third-order valence-electron chi connectivity index (χ3n) is 2.05.